The molecule has 0 saturated heterocycles. The summed E-state index contributed by atoms with van der Waals surface area (Å²) < 4.78 is 0. The predicted molar refractivity (Wildman–Crippen MR) is 85.1 cm³/mol. The second-order valence-corrected chi connectivity index (χ2v) is 6.21. The summed E-state index contributed by atoms with van der Waals surface area (Å²) in [4.78, 5) is 28.4. The molecule has 1 heterocycles. The molecule has 0 aliphatic carbocycles. The number of benzene rings is 1. The number of aromatic nitrogens is 1. The number of carbonyl (C=O) groups excluding carboxylic acids is 2. The van der Waals surface area contributed by atoms with Crippen molar-refractivity contribution in [2.75, 3.05) is 5.32 Å². The van der Waals surface area contributed by atoms with E-state index in [0.29, 0.717) is 15.6 Å². The van der Waals surface area contributed by atoms with Gasteiger partial charge in [0.25, 0.3) is 0 Å². The van der Waals surface area contributed by atoms with E-state index in [1.807, 2.05) is 32.0 Å². The first-order valence-corrected chi connectivity index (χ1v) is 7.53. The van der Waals surface area contributed by atoms with Gasteiger partial charge in [-0.1, -0.05) is 17.7 Å². The first-order valence-electron chi connectivity index (χ1n) is 6.71. The molecule has 0 spiro atoms. The lowest BCUT2D eigenvalue weighted by molar-refractivity contribution is -0.115. The Bertz CT molecular complexity index is 704. The highest BCUT2D eigenvalue weighted by molar-refractivity contribution is 7.13. The molecule has 1 aromatic heterocycles. The SMILES string of the molecule is CC(=O)c1sc(CC(=O)Nc2ccc(C)cc2C)nc1C. The number of nitrogens with zero attached hydrogens (tertiary/aromatic N) is 1. The Kier molecular flexibility index (Phi) is 4.53. The molecular weight excluding hydrogens is 284 g/mol. The van der Waals surface area contributed by atoms with Crippen molar-refractivity contribution in [3.63, 3.8) is 0 Å². The average Bonchev–Trinajstić information content (AvgIpc) is 2.74. The second-order valence-electron chi connectivity index (χ2n) is 5.12. The zero-order valence-corrected chi connectivity index (χ0v) is 13.4. The van der Waals surface area contributed by atoms with Crippen molar-refractivity contribution in [1.29, 1.82) is 0 Å². The van der Waals surface area contributed by atoms with E-state index in [0.717, 1.165) is 16.8 Å². The van der Waals surface area contributed by atoms with Crippen LogP contribution in [-0.2, 0) is 11.2 Å². The fraction of sp³-hybridized carbons (Fsp3) is 0.312. The highest BCUT2D eigenvalue weighted by Crippen LogP contribution is 2.20. The van der Waals surface area contributed by atoms with Crippen LogP contribution in [0.5, 0.6) is 0 Å². The van der Waals surface area contributed by atoms with E-state index < -0.39 is 0 Å². The van der Waals surface area contributed by atoms with Crippen molar-refractivity contribution in [3.8, 4) is 0 Å². The zero-order chi connectivity index (χ0) is 15.6. The number of Topliss-reactive ketones (excluding diaryl/α,β-unsaturated/α-hetero) is 1. The van der Waals surface area contributed by atoms with Crippen molar-refractivity contribution < 1.29 is 9.59 Å². The molecule has 0 bridgehead atoms. The zero-order valence-electron chi connectivity index (χ0n) is 12.6. The van der Waals surface area contributed by atoms with E-state index in [1.54, 1.807) is 6.92 Å². The number of amides is 1. The number of thiazole rings is 1. The number of aryl methyl sites for hydroxylation is 3. The Morgan fingerprint density at radius 1 is 1.24 bits per heavy atom. The van der Waals surface area contributed by atoms with Gasteiger partial charge in [-0.25, -0.2) is 4.98 Å². The standard InChI is InChI=1S/C16H18N2O2S/c1-9-5-6-13(10(2)7-9)18-14(20)8-15-17-11(3)16(21-15)12(4)19/h5-7H,8H2,1-4H3,(H,18,20). The van der Waals surface area contributed by atoms with Crippen molar-refractivity contribution >= 4 is 28.7 Å². The Balaban J connectivity index is 2.08. The minimum Gasteiger partial charge on any atom is -0.325 e. The average molecular weight is 302 g/mol. The van der Waals surface area contributed by atoms with Crippen LogP contribution in [0.15, 0.2) is 18.2 Å². The van der Waals surface area contributed by atoms with Gasteiger partial charge < -0.3 is 5.32 Å². The van der Waals surface area contributed by atoms with Gasteiger partial charge in [-0.2, -0.15) is 0 Å². The molecule has 0 radical (unpaired) electrons. The fourth-order valence-corrected chi connectivity index (χ4v) is 3.10. The number of hydrogen-bond acceptors (Lipinski definition) is 4. The molecule has 21 heavy (non-hydrogen) atoms. The Labute approximate surface area is 128 Å². The maximum absolute atomic E-state index is 12.1. The maximum atomic E-state index is 12.1. The lowest BCUT2D eigenvalue weighted by atomic mass is 10.1. The fourth-order valence-electron chi connectivity index (χ4n) is 2.14. The molecule has 1 amide bonds. The van der Waals surface area contributed by atoms with E-state index in [4.69, 9.17) is 0 Å². The number of anilines is 1. The molecule has 0 fully saturated rings. The van der Waals surface area contributed by atoms with E-state index in [1.165, 1.54) is 18.3 Å². The lowest BCUT2D eigenvalue weighted by Gasteiger charge is -2.08. The van der Waals surface area contributed by atoms with Crippen molar-refractivity contribution in [1.82, 2.24) is 4.98 Å². The molecule has 110 valence electrons. The molecule has 0 aliphatic heterocycles. The predicted octanol–water partition coefficient (Wildman–Crippen LogP) is 3.45. The minimum atomic E-state index is -0.120. The van der Waals surface area contributed by atoms with Crippen LogP contribution >= 0.6 is 11.3 Å². The van der Waals surface area contributed by atoms with Gasteiger partial charge in [0, 0.05) is 12.6 Å². The van der Waals surface area contributed by atoms with Crippen LogP contribution < -0.4 is 5.32 Å². The van der Waals surface area contributed by atoms with Crippen LogP contribution in [0.3, 0.4) is 0 Å². The number of carbonyl (C=O) groups is 2. The number of nitrogens with one attached hydrogen (secondary N) is 1. The van der Waals surface area contributed by atoms with Gasteiger partial charge >= 0.3 is 0 Å². The summed E-state index contributed by atoms with van der Waals surface area (Å²) >= 11 is 1.29. The highest BCUT2D eigenvalue weighted by atomic mass is 32.1. The molecule has 2 aromatic rings. The molecule has 0 saturated carbocycles. The van der Waals surface area contributed by atoms with Crippen LogP contribution in [-0.4, -0.2) is 16.7 Å². The second kappa shape index (κ2) is 6.18. The van der Waals surface area contributed by atoms with E-state index >= 15 is 0 Å². The molecule has 4 nitrogen and oxygen atoms in total. The Morgan fingerprint density at radius 2 is 1.95 bits per heavy atom. The van der Waals surface area contributed by atoms with Gasteiger partial charge in [-0.05, 0) is 32.4 Å². The van der Waals surface area contributed by atoms with Crippen LogP contribution in [0.2, 0.25) is 0 Å². The summed E-state index contributed by atoms with van der Waals surface area (Å²) in [5.41, 5.74) is 3.70. The van der Waals surface area contributed by atoms with E-state index in [9.17, 15) is 9.59 Å². The van der Waals surface area contributed by atoms with Crippen LogP contribution in [0.1, 0.15) is 38.4 Å². The van der Waals surface area contributed by atoms with Gasteiger partial charge in [0.2, 0.25) is 5.91 Å². The summed E-state index contributed by atoms with van der Waals surface area (Å²) in [6, 6.07) is 5.89. The Hall–Kier alpha value is -2.01. The topological polar surface area (TPSA) is 59.1 Å². The molecule has 1 N–H and O–H groups in total. The third-order valence-electron chi connectivity index (χ3n) is 3.13. The number of hydrogen-bond donors (Lipinski definition) is 1. The van der Waals surface area contributed by atoms with Crippen molar-refractivity contribution in [3.05, 3.63) is 44.9 Å². The first kappa shape index (κ1) is 15.4. The highest BCUT2D eigenvalue weighted by Gasteiger charge is 2.14. The van der Waals surface area contributed by atoms with Gasteiger partial charge in [-0.3, -0.25) is 9.59 Å². The summed E-state index contributed by atoms with van der Waals surface area (Å²) in [6.45, 7) is 7.28. The Morgan fingerprint density at radius 3 is 2.52 bits per heavy atom. The van der Waals surface area contributed by atoms with Gasteiger partial charge in [0.15, 0.2) is 5.78 Å². The van der Waals surface area contributed by atoms with Crippen LogP contribution in [0.4, 0.5) is 5.69 Å². The number of ketones is 1. The van der Waals surface area contributed by atoms with Crippen LogP contribution in [0, 0.1) is 20.8 Å². The minimum absolute atomic E-state index is 0.00830. The van der Waals surface area contributed by atoms with Gasteiger partial charge in [0.05, 0.1) is 17.0 Å². The summed E-state index contributed by atoms with van der Waals surface area (Å²) in [5, 5.41) is 3.55. The first-order chi connectivity index (χ1) is 9.86. The molecule has 5 heteroatoms. The molecule has 1 aromatic carbocycles. The normalized spacial score (nSPS) is 10.5. The van der Waals surface area contributed by atoms with Crippen molar-refractivity contribution in [2.45, 2.75) is 34.1 Å². The smallest absolute Gasteiger partial charge is 0.231 e. The van der Waals surface area contributed by atoms with Crippen LogP contribution in [0.25, 0.3) is 0 Å². The largest absolute Gasteiger partial charge is 0.325 e. The third-order valence-corrected chi connectivity index (χ3v) is 4.39. The molecule has 2 rings (SSSR count). The quantitative estimate of drug-likeness (QED) is 0.880. The van der Waals surface area contributed by atoms with Crippen molar-refractivity contribution in [2.24, 2.45) is 0 Å². The summed E-state index contributed by atoms with van der Waals surface area (Å²) in [7, 11) is 0. The molecular formula is C16H18N2O2S. The molecule has 0 atom stereocenters. The van der Waals surface area contributed by atoms with Gasteiger partial charge in [-0.15, -0.1) is 11.3 Å². The lowest BCUT2D eigenvalue weighted by Crippen LogP contribution is -2.15. The summed E-state index contributed by atoms with van der Waals surface area (Å²) in [5.74, 6) is -0.128. The van der Waals surface area contributed by atoms with Gasteiger partial charge in [0.1, 0.15) is 5.01 Å². The molecule has 0 aliphatic rings. The maximum Gasteiger partial charge on any atom is 0.231 e. The molecule has 0 unspecified atom stereocenters. The van der Waals surface area contributed by atoms with E-state index in [2.05, 4.69) is 10.3 Å². The summed E-state index contributed by atoms with van der Waals surface area (Å²) in [6.07, 6.45) is 0.187. The van der Waals surface area contributed by atoms with E-state index in [-0.39, 0.29) is 18.1 Å². The third kappa shape index (κ3) is 3.76. The number of rotatable bonds is 4. The monoisotopic (exact) mass is 302 g/mol.